The van der Waals surface area contributed by atoms with Crippen LogP contribution in [0, 0.1) is 6.92 Å². The summed E-state index contributed by atoms with van der Waals surface area (Å²) in [6.07, 6.45) is 0.639. The van der Waals surface area contributed by atoms with Gasteiger partial charge in [-0.05, 0) is 55.3 Å². The Balaban J connectivity index is 1.68. The van der Waals surface area contributed by atoms with Crippen LogP contribution in [0.1, 0.15) is 62.3 Å². The number of ketones is 2. The van der Waals surface area contributed by atoms with E-state index in [1.807, 2.05) is 6.92 Å². The highest BCUT2D eigenvalue weighted by molar-refractivity contribution is 7.18. The SMILES string of the molecule is COC(=O)c1ccc([C@@H]2C(=C(O)c3ccc4c(c3)C[C@@H](C)O4)C(=O)C(=O)N2c2nc(C)c(C(C)=O)s2)cc1. The molecule has 1 saturated heterocycles. The number of esters is 1. The average molecular weight is 533 g/mol. The van der Waals surface area contributed by atoms with Crippen LogP contribution in [0.25, 0.3) is 5.76 Å². The van der Waals surface area contributed by atoms with Crippen molar-refractivity contribution in [2.45, 2.75) is 39.3 Å². The number of hydrogen-bond donors (Lipinski definition) is 1. The van der Waals surface area contributed by atoms with Crippen LogP contribution in [-0.4, -0.2) is 46.7 Å². The van der Waals surface area contributed by atoms with Gasteiger partial charge in [-0.2, -0.15) is 0 Å². The first-order valence-corrected chi connectivity index (χ1v) is 12.7. The van der Waals surface area contributed by atoms with Crippen molar-refractivity contribution in [1.29, 1.82) is 0 Å². The number of rotatable bonds is 5. The van der Waals surface area contributed by atoms with Gasteiger partial charge in [0.25, 0.3) is 5.78 Å². The number of ether oxygens (including phenoxy) is 2. The van der Waals surface area contributed by atoms with Gasteiger partial charge in [-0.3, -0.25) is 19.3 Å². The third kappa shape index (κ3) is 4.16. The molecule has 10 heteroatoms. The van der Waals surface area contributed by atoms with Gasteiger partial charge < -0.3 is 14.6 Å². The number of hydrogen-bond acceptors (Lipinski definition) is 9. The molecule has 0 saturated carbocycles. The summed E-state index contributed by atoms with van der Waals surface area (Å²) in [6, 6.07) is 10.3. The second-order valence-electron chi connectivity index (χ2n) is 9.20. The minimum atomic E-state index is -1.05. The molecule has 2 atom stereocenters. The first kappa shape index (κ1) is 25.3. The van der Waals surface area contributed by atoms with Crippen molar-refractivity contribution >= 4 is 45.7 Å². The quantitative estimate of drug-likeness (QED) is 0.169. The molecule has 2 aliphatic heterocycles. The number of fused-ring (bicyclic) bond motifs is 1. The number of methoxy groups -OCH3 is 1. The van der Waals surface area contributed by atoms with Gasteiger partial charge >= 0.3 is 11.9 Å². The molecule has 38 heavy (non-hydrogen) atoms. The number of thiazole rings is 1. The number of Topliss-reactive ketones (excluding diaryl/α,β-unsaturated/α-hetero) is 2. The summed E-state index contributed by atoms with van der Waals surface area (Å²) in [5.74, 6) is -2.14. The molecular formula is C28H24N2O7S. The van der Waals surface area contributed by atoms with E-state index in [0.29, 0.717) is 33.9 Å². The summed E-state index contributed by atoms with van der Waals surface area (Å²) in [5.41, 5.74) is 2.32. The van der Waals surface area contributed by atoms with E-state index in [9.17, 15) is 24.3 Å². The third-order valence-corrected chi connectivity index (χ3v) is 7.83. The van der Waals surface area contributed by atoms with Crippen LogP contribution in [-0.2, 0) is 20.7 Å². The van der Waals surface area contributed by atoms with Crippen molar-refractivity contribution in [2.75, 3.05) is 12.0 Å². The first-order valence-electron chi connectivity index (χ1n) is 11.9. The zero-order chi connectivity index (χ0) is 27.3. The summed E-state index contributed by atoms with van der Waals surface area (Å²) in [5, 5.41) is 11.6. The molecule has 5 rings (SSSR count). The molecule has 1 fully saturated rings. The summed E-state index contributed by atoms with van der Waals surface area (Å²) < 4.78 is 10.5. The fourth-order valence-electron chi connectivity index (χ4n) is 4.80. The predicted octanol–water partition coefficient (Wildman–Crippen LogP) is 4.39. The third-order valence-electron chi connectivity index (χ3n) is 6.57. The van der Waals surface area contributed by atoms with Gasteiger partial charge in [0.05, 0.1) is 34.9 Å². The van der Waals surface area contributed by atoms with Crippen molar-refractivity contribution in [2.24, 2.45) is 0 Å². The van der Waals surface area contributed by atoms with E-state index >= 15 is 0 Å². The Morgan fingerprint density at radius 1 is 1.13 bits per heavy atom. The molecule has 194 valence electrons. The highest BCUT2D eigenvalue weighted by atomic mass is 32.1. The van der Waals surface area contributed by atoms with Crippen LogP contribution < -0.4 is 9.64 Å². The number of aryl methyl sites for hydroxylation is 1. The van der Waals surface area contributed by atoms with Crippen LogP contribution in [0.15, 0.2) is 48.0 Å². The fourth-order valence-corrected chi connectivity index (χ4v) is 5.79. The fraction of sp³-hybridized carbons (Fsp3) is 0.250. The number of anilines is 1. The first-order chi connectivity index (χ1) is 18.1. The lowest BCUT2D eigenvalue weighted by Gasteiger charge is -2.23. The number of amides is 1. The number of carbonyl (C=O) groups excluding carboxylic acids is 4. The van der Waals surface area contributed by atoms with E-state index in [2.05, 4.69) is 4.98 Å². The summed E-state index contributed by atoms with van der Waals surface area (Å²) in [6.45, 7) is 5.00. The van der Waals surface area contributed by atoms with Gasteiger partial charge in [0.1, 0.15) is 17.6 Å². The number of carbonyl (C=O) groups is 4. The second-order valence-corrected chi connectivity index (χ2v) is 10.2. The maximum Gasteiger partial charge on any atom is 0.337 e. The Bertz CT molecular complexity index is 1540. The number of aromatic nitrogens is 1. The molecule has 1 N–H and O–H groups in total. The van der Waals surface area contributed by atoms with Gasteiger partial charge in [-0.25, -0.2) is 9.78 Å². The molecule has 0 aliphatic carbocycles. The van der Waals surface area contributed by atoms with E-state index in [1.54, 1.807) is 37.3 Å². The Morgan fingerprint density at radius 3 is 2.45 bits per heavy atom. The Kier molecular flexibility index (Phi) is 6.36. The van der Waals surface area contributed by atoms with E-state index in [-0.39, 0.29) is 33.9 Å². The number of aliphatic hydroxyl groups excluding tert-OH is 1. The molecule has 0 bridgehead atoms. The van der Waals surface area contributed by atoms with Crippen molar-refractivity contribution in [3.05, 3.63) is 80.9 Å². The highest BCUT2D eigenvalue weighted by Crippen LogP contribution is 2.44. The van der Waals surface area contributed by atoms with Crippen molar-refractivity contribution in [3.63, 3.8) is 0 Å². The number of nitrogens with zero attached hydrogens (tertiary/aromatic N) is 2. The summed E-state index contributed by atoms with van der Waals surface area (Å²) in [7, 11) is 1.27. The van der Waals surface area contributed by atoms with Crippen LogP contribution >= 0.6 is 11.3 Å². The maximum atomic E-state index is 13.4. The van der Waals surface area contributed by atoms with Gasteiger partial charge in [0.2, 0.25) is 0 Å². The van der Waals surface area contributed by atoms with E-state index in [4.69, 9.17) is 9.47 Å². The van der Waals surface area contributed by atoms with E-state index in [1.165, 1.54) is 31.1 Å². The Labute approximate surface area is 222 Å². The predicted molar refractivity (Wildman–Crippen MR) is 140 cm³/mol. The molecular weight excluding hydrogens is 508 g/mol. The molecule has 3 aromatic rings. The average Bonchev–Trinajstić information content (AvgIpc) is 3.55. The zero-order valence-corrected chi connectivity index (χ0v) is 21.9. The molecule has 3 heterocycles. The molecule has 0 unspecified atom stereocenters. The van der Waals surface area contributed by atoms with Crippen molar-refractivity contribution < 1.29 is 33.8 Å². The molecule has 0 spiro atoms. The molecule has 2 aliphatic rings. The van der Waals surface area contributed by atoms with Crippen LogP contribution in [0.4, 0.5) is 5.13 Å². The van der Waals surface area contributed by atoms with E-state index < -0.39 is 23.7 Å². The van der Waals surface area contributed by atoms with Gasteiger partial charge in [-0.1, -0.05) is 23.5 Å². The normalized spacial score (nSPS) is 19.8. The molecule has 0 radical (unpaired) electrons. The minimum Gasteiger partial charge on any atom is -0.507 e. The van der Waals surface area contributed by atoms with Gasteiger partial charge in [0.15, 0.2) is 10.9 Å². The Morgan fingerprint density at radius 2 is 1.82 bits per heavy atom. The van der Waals surface area contributed by atoms with Crippen LogP contribution in [0.2, 0.25) is 0 Å². The smallest absolute Gasteiger partial charge is 0.337 e. The molecule has 9 nitrogen and oxygen atoms in total. The lowest BCUT2D eigenvalue weighted by atomic mass is 9.94. The van der Waals surface area contributed by atoms with Crippen molar-refractivity contribution in [1.82, 2.24) is 4.98 Å². The highest BCUT2D eigenvalue weighted by Gasteiger charge is 2.48. The van der Waals surface area contributed by atoms with Crippen LogP contribution in [0.3, 0.4) is 0 Å². The maximum absolute atomic E-state index is 13.4. The topological polar surface area (TPSA) is 123 Å². The Hall–Kier alpha value is -4.31. The van der Waals surface area contributed by atoms with Crippen molar-refractivity contribution in [3.8, 4) is 5.75 Å². The van der Waals surface area contributed by atoms with Crippen LogP contribution in [0.5, 0.6) is 5.75 Å². The number of aliphatic hydroxyl groups is 1. The summed E-state index contributed by atoms with van der Waals surface area (Å²) >= 11 is 1.00. The summed E-state index contributed by atoms with van der Waals surface area (Å²) in [4.78, 5) is 56.9. The zero-order valence-electron chi connectivity index (χ0n) is 21.1. The van der Waals surface area contributed by atoms with Gasteiger partial charge in [-0.15, -0.1) is 0 Å². The molecule has 2 aromatic carbocycles. The molecule has 1 amide bonds. The monoisotopic (exact) mass is 532 g/mol. The standard InChI is InChI=1S/C28H24N2O7S/c1-13-11-19-12-18(9-10-20(19)37-13)23(32)21-22(16-5-7-17(8-6-16)27(35)36-4)30(26(34)24(21)33)28-29-14(2)25(38-28)15(3)31/h5-10,12-13,22,32H,11H2,1-4H3/t13-,22-/m1/s1. The largest absolute Gasteiger partial charge is 0.507 e. The van der Waals surface area contributed by atoms with E-state index in [0.717, 1.165) is 16.9 Å². The van der Waals surface area contributed by atoms with Gasteiger partial charge in [0, 0.05) is 18.9 Å². The lowest BCUT2D eigenvalue weighted by Crippen LogP contribution is -2.29. The minimum absolute atomic E-state index is 0.00934. The second kappa shape index (κ2) is 9.53. The molecule has 1 aromatic heterocycles. The number of benzene rings is 2. The lowest BCUT2D eigenvalue weighted by molar-refractivity contribution is -0.132.